The van der Waals surface area contributed by atoms with Gasteiger partial charge in [0.15, 0.2) is 18.2 Å². The number of esters is 2. The normalized spacial score (nSPS) is 41.0. The first-order valence-corrected chi connectivity index (χ1v) is 18.8. The molecule has 0 aromatic heterocycles. The highest BCUT2D eigenvalue weighted by Gasteiger charge is 2.52. The highest BCUT2D eigenvalue weighted by molar-refractivity contribution is 14.1. The zero-order chi connectivity index (χ0) is 36.2. The van der Waals surface area contributed by atoms with Gasteiger partial charge in [-0.1, -0.05) is 20.8 Å². The molecule has 0 aliphatic carbocycles. The predicted octanol–water partition coefficient (Wildman–Crippen LogP) is 3.39. The first kappa shape index (κ1) is 42.0. The summed E-state index contributed by atoms with van der Waals surface area (Å²) in [6, 6.07) is -0.295. The van der Waals surface area contributed by atoms with Crippen LogP contribution in [-0.2, 0) is 52.4 Å². The third-order valence-electron chi connectivity index (χ3n) is 8.95. The minimum Gasteiger partial charge on any atom is -0.459 e. The van der Waals surface area contributed by atoms with Gasteiger partial charge in [0.05, 0.1) is 30.4 Å². The molecule has 0 unspecified atom stereocenters. The molecule has 12 atom stereocenters. The van der Waals surface area contributed by atoms with Crippen molar-refractivity contribution in [3.63, 3.8) is 0 Å². The number of Topliss-reactive ketones (excluding diaryl/α,β-unsaturated/α-hetero) is 1. The number of carbonyl (C=O) groups excluding carboxylic acids is 3. The molecule has 1 N–H and O–H groups in total. The Morgan fingerprint density at radius 2 is 1.77 bits per heavy atom. The maximum absolute atomic E-state index is 13.7. The van der Waals surface area contributed by atoms with Crippen molar-refractivity contribution < 1.29 is 55.8 Å². The van der Waals surface area contributed by atoms with Crippen molar-refractivity contribution in [2.45, 2.75) is 127 Å². The third kappa shape index (κ3) is 10.9. The van der Waals surface area contributed by atoms with Crippen LogP contribution in [-0.4, -0.2) is 116 Å². The smallest absolute Gasteiger partial charge is 0.311 e. The van der Waals surface area contributed by atoms with Gasteiger partial charge in [-0.3, -0.25) is 18.6 Å². The number of cyclic esters (lactones) is 1. The summed E-state index contributed by atoms with van der Waals surface area (Å²) in [5.41, 5.74) is -1.43. The van der Waals surface area contributed by atoms with Gasteiger partial charge in [0.25, 0.3) is 10.1 Å². The summed E-state index contributed by atoms with van der Waals surface area (Å²) in [5.74, 6) is -4.41. The summed E-state index contributed by atoms with van der Waals surface area (Å²) in [6.07, 6.45) is -2.76. The zero-order valence-corrected chi connectivity index (χ0v) is 32.6. The number of hydrogen-bond acceptors (Lipinski definition) is 13. The summed E-state index contributed by atoms with van der Waals surface area (Å²) in [5, 5.41) is 11.3. The van der Waals surface area contributed by atoms with Crippen LogP contribution < -0.4 is 0 Å². The van der Waals surface area contributed by atoms with E-state index < -0.39 is 79.7 Å². The molecule has 2 heterocycles. The monoisotopic (exact) mass is 803 g/mol. The number of aliphatic hydroxyl groups is 1. The molecule has 13 nitrogen and oxygen atoms in total. The van der Waals surface area contributed by atoms with E-state index in [2.05, 4.69) is 0 Å². The fourth-order valence-corrected chi connectivity index (χ4v) is 8.66. The van der Waals surface area contributed by atoms with Crippen molar-refractivity contribution in [1.82, 2.24) is 4.90 Å². The highest BCUT2D eigenvalue weighted by Crippen LogP contribution is 2.43. The number of nitrogens with zero attached hydrogens (tertiary/aromatic N) is 1. The Hall–Kier alpha value is -1.21. The number of methoxy groups -OCH3 is 1. The van der Waals surface area contributed by atoms with Crippen molar-refractivity contribution in [2.24, 2.45) is 17.8 Å². The number of ether oxygens (including phenoxy) is 5. The molecule has 2 aliphatic rings. The fourth-order valence-electron chi connectivity index (χ4n) is 6.53. The van der Waals surface area contributed by atoms with E-state index in [4.69, 9.17) is 27.9 Å². The first-order valence-electron chi connectivity index (χ1n) is 15.9. The van der Waals surface area contributed by atoms with E-state index in [0.717, 1.165) is 6.26 Å². The average molecular weight is 804 g/mol. The lowest BCUT2D eigenvalue weighted by Crippen LogP contribution is -2.60. The second kappa shape index (κ2) is 16.7. The summed E-state index contributed by atoms with van der Waals surface area (Å²) in [7, 11) is 1.00. The molecule has 47 heavy (non-hydrogen) atoms. The molecule has 0 spiro atoms. The van der Waals surface area contributed by atoms with Gasteiger partial charge in [0, 0.05) is 25.9 Å². The van der Waals surface area contributed by atoms with Gasteiger partial charge in [0.1, 0.15) is 21.4 Å². The van der Waals surface area contributed by atoms with Gasteiger partial charge in [0.2, 0.25) is 0 Å². The van der Waals surface area contributed by atoms with Gasteiger partial charge < -0.3 is 33.7 Å². The van der Waals surface area contributed by atoms with Crippen LogP contribution in [0.25, 0.3) is 0 Å². The van der Waals surface area contributed by atoms with E-state index in [1.165, 1.54) is 34.0 Å². The van der Waals surface area contributed by atoms with E-state index in [1.807, 2.05) is 48.5 Å². The molecule has 1 fully saturated rings. The van der Waals surface area contributed by atoms with Crippen LogP contribution in [0, 0.1) is 17.8 Å². The van der Waals surface area contributed by atoms with Crippen molar-refractivity contribution in [2.75, 3.05) is 27.5 Å². The molecule has 15 heteroatoms. The molecule has 0 bridgehead atoms. The van der Waals surface area contributed by atoms with Crippen molar-refractivity contribution >= 4 is 50.4 Å². The molecule has 2 aliphatic heterocycles. The van der Waals surface area contributed by atoms with E-state index in [9.17, 15) is 27.9 Å². The van der Waals surface area contributed by atoms with E-state index >= 15 is 0 Å². The van der Waals surface area contributed by atoms with Crippen LogP contribution >= 0.6 is 22.6 Å². The maximum Gasteiger partial charge on any atom is 0.311 e. The summed E-state index contributed by atoms with van der Waals surface area (Å²) in [6.45, 7) is 12.8. The second-order valence-electron chi connectivity index (χ2n) is 13.5. The van der Waals surface area contributed by atoms with Crippen molar-refractivity contribution in [1.29, 1.82) is 0 Å². The Bertz CT molecular complexity index is 1260. The SMILES string of the molecule is CC[C@H]1OC(=O)[C@H](C)[C@@H](OS(C)(=O)=O)[C@H](C)[C@@H](O[C@@H]2O[C@H](C)C[C@H](N(C)C)[C@H]2OC(C)=O)[C@](I)(OC)C[C@@H](C)C(=O)/C(C)=C/[C@]1(C)O. The fraction of sp³-hybridized carbons (Fsp3) is 0.844. The number of alkyl halides is 1. The molecule has 0 amide bonds. The quantitative estimate of drug-likeness (QED) is 0.165. The topological polar surface area (TPSA) is 164 Å². The van der Waals surface area contributed by atoms with Gasteiger partial charge in [-0.2, -0.15) is 8.42 Å². The van der Waals surface area contributed by atoms with Crippen LogP contribution in [0.15, 0.2) is 11.6 Å². The van der Waals surface area contributed by atoms with Gasteiger partial charge in [-0.05, 0) is 95.3 Å². The molecule has 1 saturated heterocycles. The molecule has 272 valence electrons. The predicted molar refractivity (Wildman–Crippen MR) is 182 cm³/mol. The lowest BCUT2D eigenvalue weighted by atomic mass is 9.82. The minimum absolute atomic E-state index is 0.0739. The van der Waals surface area contributed by atoms with Crippen molar-refractivity contribution in [3.05, 3.63) is 11.6 Å². The van der Waals surface area contributed by atoms with Crippen LogP contribution in [0.3, 0.4) is 0 Å². The number of halogens is 1. The van der Waals surface area contributed by atoms with Crippen LogP contribution in [0.2, 0.25) is 0 Å². The minimum atomic E-state index is -4.14. The van der Waals surface area contributed by atoms with E-state index in [-0.39, 0.29) is 36.3 Å². The second-order valence-corrected chi connectivity index (χ2v) is 16.9. The first-order chi connectivity index (χ1) is 21.5. The number of likely N-dealkylation sites (N-methyl/N-ethyl adjacent to an activating group) is 1. The molecule has 0 aromatic rings. The summed E-state index contributed by atoms with van der Waals surface area (Å²) in [4.78, 5) is 41.6. The summed E-state index contributed by atoms with van der Waals surface area (Å²) < 4.78 is 60.2. The average Bonchev–Trinajstić information content (AvgIpc) is 2.95. The number of hydrogen-bond donors (Lipinski definition) is 1. The zero-order valence-electron chi connectivity index (χ0n) is 29.6. The van der Waals surface area contributed by atoms with Crippen LogP contribution in [0.5, 0.6) is 0 Å². The standard InChI is InChI=1S/C32H54INO12S/c1-13-24-31(8,38)15-17(2)25(36)18(3)16-32(33,41-11)28(20(5)26(46-47(12,39)40)21(6)29(37)44-24)45-30-27(43-22(7)35)23(34(9)10)14-19(4)42-30/h15,18-21,23-24,26-28,30,38H,13-14,16H2,1-12H3/b17-15+/t18-,19-,20+,21-,23+,24-,26+,27-,28-,30+,31+,32-/m1/s1. The number of allylic oxidation sites excluding steroid dienone is 1. The Labute approximate surface area is 293 Å². The molecular weight excluding hydrogens is 749 g/mol. The van der Waals surface area contributed by atoms with Gasteiger partial charge in [-0.25, -0.2) is 0 Å². The Balaban J connectivity index is 2.84. The largest absolute Gasteiger partial charge is 0.459 e. The molecule has 0 aromatic carbocycles. The lowest BCUT2D eigenvalue weighted by Gasteiger charge is -2.48. The van der Waals surface area contributed by atoms with E-state index in [1.54, 1.807) is 27.7 Å². The van der Waals surface area contributed by atoms with Gasteiger partial charge in [-0.15, -0.1) is 0 Å². The number of rotatable bonds is 8. The van der Waals surface area contributed by atoms with Crippen molar-refractivity contribution in [3.8, 4) is 0 Å². The lowest BCUT2D eigenvalue weighted by molar-refractivity contribution is -0.293. The Morgan fingerprint density at radius 3 is 2.26 bits per heavy atom. The molecular formula is C32H54INO12S. The number of ketones is 1. The third-order valence-corrected chi connectivity index (χ3v) is 11.0. The molecule has 0 radical (unpaired) electrons. The molecule has 2 rings (SSSR count). The van der Waals surface area contributed by atoms with Crippen LogP contribution in [0.1, 0.15) is 74.7 Å². The molecule has 0 saturated carbocycles. The maximum atomic E-state index is 13.7. The Kier molecular flexibility index (Phi) is 14.9. The van der Waals surface area contributed by atoms with Crippen LogP contribution in [0.4, 0.5) is 0 Å². The number of carbonyl (C=O) groups is 3. The highest BCUT2D eigenvalue weighted by atomic mass is 127. The summed E-state index contributed by atoms with van der Waals surface area (Å²) >= 11 is 2.04. The van der Waals surface area contributed by atoms with Gasteiger partial charge >= 0.3 is 11.9 Å². The van der Waals surface area contributed by atoms with E-state index in [0.29, 0.717) is 6.42 Å². The Morgan fingerprint density at radius 1 is 1.17 bits per heavy atom.